The summed E-state index contributed by atoms with van der Waals surface area (Å²) in [6.45, 7) is 0. The largest absolute Gasteiger partial charge is 0.384 e. The molecule has 0 aliphatic carbocycles. The summed E-state index contributed by atoms with van der Waals surface area (Å²) in [4.78, 5) is 0. The van der Waals surface area contributed by atoms with Crippen LogP contribution in [0.5, 0.6) is 0 Å². The number of rotatable bonds is 3. The third-order valence-electron chi connectivity index (χ3n) is 5.70. The molecule has 0 spiro atoms. The number of hydrogen-bond donors (Lipinski definition) is 1. The number of hydrogen-bond acceptors (Lipinski definition) is 1. The average Bonchev–Trinajstić information content (AvgIpc) is 3.24. The van der Waals surface area contributed by atoms with Gasteiger partial charge in [0.05, 0.1) is 5.85 Å². The normalized spacial score (nSPS) is 18.5. The van der Waals surface area contributed by atoms with Crippen LogP contribution >= 0.6 is 7.92 Å². The molecule has 2 heterocycles. The van der Waals surface area contributed by atoms with Gasteiger partial charge in [-0.2, -0.15) is 0 Å². The van der Waals surface area contributed by atoms with Crippen molar-refractivity contribution in [3.8, 4) is 11.1 Å². The van der Waals surface area contributed by atoms with Crippen LogP contribution in [0.1, 0.15) is 22.5 Å². The Bertz CT molecular complexity index is 1180. The van der Waals surface area contributed by atoms with Crippen LogP contribution in [0, 0.1) is 5.82 Å². The molecular weight excluding hydrogens is 368 g/mol. The smallest absolute Gasteiger partial charge is 0.127 e. The lowest BCUT2D eigenvalue weighted by Crippen LogP contribution is -1.95. The highest BCUT2D eigenvalue weighted by atomic mass is 31.1. The molecule has 0 amide bonds. The minimum atomic E-state index is -0.699. The molecule has 140 valence electrons. The zero-order valence-corrected chi connectivity index (χ0v) is 16.5. The van der Waals surface area contributed by atoms with Gasteiger partial charge in [0.2, 0.25) is 0 Å². The van der Waals surface area contributed by atoms with Gasteiger partial charge < -0.3 is 9.67 Å². The van der Waals surface area contributed by atoms with Crippen molar-refractivity contribution in [3.05, 3.63) is 95.4 Å². The third kappa shape index (κ3) is 2.96. The van der Waals surface area contributed by atoms with E-state index in [1.807, 2.05) is 49.6 Å². The van der Waals surface area contributed by atoms with Gasteiger partial charge in [0.15, 0.2) is 0 Å². The molecule has 4 heteroatoms. The van der Waals surface area contributed by atoms with Crippen molar-refractivity contribution in [1.29, 1.82) is 0 Å². The topological polar surface area (TPSA) is 25.2 Å². The van der Waals surface area contributed by atoms with Crippen LogP contribution in [-0.4, -0.2) is 9.67 Å². The van der Waals surface area contributed by atoms with Crippen molar-refractivity contribution in [2.75, 3.05) is 0 Å². The van der Waals surface area contributed by atoms with E-state index in [2.05, 4.69) is 28.8 Å². The van der Waals surface area contributed by atoms with Crippen LogP contribution in [0.2, 0.25) is 0 Å². The van der Waals surface area contributed by atoms with E-state index < -0.39 is 13.8 Å². The predicted molar refractivity (Wildman–Crippen MR) is 114 cm³/mol. The SMILES string of the molecule is Cn1ccc2ccc(-c3ccc(CP4Cc5ccccc5C4O)c(F)c3)cc21. The molecule has 2 unspecified atom stereocenters. The fourth-order valence-electron chi connectivity index (χ4n) is 4.09. The molecule has 1 aromatic heterocycles. The van der Waals surface area contributed by atoms with Gasteiger partial charge in [0, 0.05) is 18.8 Å². The minimum Gasteiger partial charge on any atom is -0.384 e. The summed E-state index contributed by atoms with van der Waals surface area (Å²) < 4.78 is 17.0. The fraction of sp³-hybridized carbons (Fsp3) is 0.167. The molecular formula is C24H21FNOP. The summed E-state index contributed by atoms with van der Waals surface area (Å²) >= 11 is 0. The van der Waals surface area contributed by atoms with E-state index in [4.69, 9.17) is 0 Å². The molecule has 4 aromatic rings. The number of benzene rings is 3. The van der Waals surface area contributed by atoms with Gasteiger partial charge >= 0.3 is 0 Å². The molecule has 0 radical (unpaired) electrons. The lowest BCUT2D eigenvalue weighted by atomic mass is 10.0. The van der Waals surface area contributed by atoms with Gasteiger partial charge in [-0.05, 0) is 63.7 Å². The van der Waals surface area contributed by atoms with Crippen LogP contribution < -0.4 is 0 Å². The quantitative estimate of drug-likeness (QED) is 0.417. The van der Waals surface area contributed by atoms with E-state index in [9.17, 15) is 9.50 Å². The monoisotopic (exact) mass is 389 g/mol. The van der Waals surface area contributed by atoms with Gasteiger partial charge in [-0.25, -0.2) is 4.39 Å². The maximum absolute atomic E-state index is 14.9. The van der Waals surface area contributed by atoms with E-state index in [-0.39, 0.29) is 5.82 Å². The Hall–Kier alpha value is -2.48. The summed E-state index contributed by atoms with van der Waals surface area (Å²) in [7, 11) is 1.32. The number of nitrogens with zero attached hydrogens (tertiary/aromatic N) is 1. The molecule has 5 rings (SSSR count). The van der Waals surface area contributed by atoms with Gasteiger partial charge in [0.25, 0.3) is 0 Å². The maximum atomic E-state index is 14.9. The standard InChI is InChI=1S/C24H21FNOP/c1-26-11-10-16-6-7-18(13-23(16)26)17-8-9-20(22(25)12-17)15-28-14-19-4-2-3-5-21(19)24(28)27/h2-13,24,27H,14-15H2,1H3. The highest BCUT2D eigenvalue weighted by Gasteiger charge is 2.30. The summed E-state index contributed by atoms with van der Waals surface area (Å²) in [6.07, 6.45) is 3.50. The predicted octanol–water partition coefficient (Wildman–Crippen LogP) is 6.17. The molecule has 1 aliphatic rings. The lowest BCUT2D eigenvalue weighted by Gasteiger charge is -2.17. The molecule has 2 nitrogen and oxygen atoms in total. The summed E-state index contributed by atoms with van der Waals surface area (Å²) in [5.74, 6) is -0.639. The zero-order valence-electron chi connectivity index (χ0n) is 15.6. The first-order chi connectivity index (χ1) is 13.6. The van der Waals surface area contributed by atoms with Crippen molar-refractivity contribution < 1.29 is 9.50 Å². The van der Waals surface area contributed by atoms with Gasteiger partial charge in [-0.3, -0.25) is 0 Å². The van der Waals surface area contributed by atoms with Crippen molar-refractivity contribution >= 4 is 18.8 Å². The molecule has 0 fully saturated rings. The zero-order chi connectivity index (χ0) is 19.3. The summed E-state index contributed by atoms with van der Waals surface area (Å²) in [5.41, 5.74) is 5.95. The van der Waals surface area contributed by atoms with Crippen LogP contribution in [-0.2, 0) is 19.4 Å². The van der Waals surface area contributed by atoms with E-state index in [1.54, 1.807) is 6.07 Å². The van der Waals surface area contributed by atoms with Crippen LogP contribution in [0.4, 0.5) is 4.39 Å². The van der Waals surface area contributed by atoms with Crippen molar-refractivity contribution in [2.24, 2.45) is 7.05 Å². The Labute approximate surface area is 165 Å². The van der Waals surface area contributed by atoms with Gasteiger partial charge in [-0.15, -0.1) is 0 Å². The molecule has 1 N–H and O–H groups in total. The second-order valence-electron chi connectivity index (χ2n) is 7.48. The molecule has 3 aromatic carbocycles. The Kier molecular flexibility index (Phi) is 4.30. The Balaban J connectivity index is 1.41. The minimum absolute atomic E-state index is 0.185. The van der Waals surface area contributed by atoms with Crippen LogP contribution in [0.3, 0.4) is 0 Å². The molecule has 1 aliphatic heterocycles. The van der Waals surface area contributed by atoms with Crippen molar-refractivity contribution in [3.63, 3.8) is 0 Å². The Morgan fingerprint density at radius 1 is 1.04 bits per heavy atom. The van der Waals surface area contributed by atoms with E-state index in [0.29, 0.717) is 11.7 Å². The van der Waals surface area contributed by atoms with E-state index >= 15 is 0 Å². The van der Waals surface area contributed by atoms with Crippen molar-refractivity contribution in [2.45, 2.75) is 18.2 Å². The van der Waals surface area contributed by atoms with Gasteiger partial charge in [-0.1, -0.05) is 56.5 Å². The maximum Gasteiger partial charge on any atom is 0.127 e. The van der Waals surface area contributed by atoms with Crippen LogP contribution in [0.25, 0.3) is 22.0 Å². The number of aliphatic hydroxyl groups excluding tert-OH is 1. The molecule has 0 bridgehead atoms. The molecule has 0 saturated heterocycles. The van der Waals surface area contributed by atoms with Gasteiger partial charge in [0.1, 0.15) is 5.82 Å². The molecule has 0 saturated carbocycles. The number of aromatic nitrogens is 1. The number of fused-ring (bicyclic) bond motifs is 2. The summed E-state index contributed by atoms with van der Waals surface area (Å²) in [6, 6.07) is 21.8. The first-order valence-corrected chi connectivity index (χ1v) is 11.2. The Morgan fingerprint density at radius 2 is 1.82 bits per heavy atom. The lowest BCUT2D eigenvalue weighted by molar-refractivity contribution is 0.266. The Morgan fingerprint density at radius 3 is 2.64 bits per heavy atom. The average molecular weight is 389 g/mol. The third-order valence-corrected chi connectivity index (χ3v) is 8.16. The summed E-state index contributed by atoms with van der Waals surface area (Å²) in [5, 5.41) is 11.8. The van der Waals surface area contributed by atoms with Crippen molar-refractivity contribution in [1.82, 2.24) is 4.57 Å². The highest BCUT2D eigenvalue weighted by molar-refractivity contribution is 7.56. The number of aryl methyl sites for hydroxylation is 1. The second kappa shape index (κ2) is 6.84. The van der Waals surface area contributed by atoms with Crippen LogP contribution in [0.15, 0.2) is 72.9 Å². The molecule has 2 atom stereocenters. The first kappa shape index (κ1) is 17.6. The highest BCUT2D eigenvalue weighted by Crippen LogP contribution is 2.60. The first-order valence-electron chi connectivity index (χ1n) is 9.44. The second-order valence-corrected chi connectivity index (χ2v) is 9.78. The number of halogens is 1. The molecule has 28 heavy (non-hydrogen) atoms. The van der Waals surface area contributed by atoms with E-state index in [0.717, 1.165) is 28.4 Å². The number of aliphatic hydroxyl groups is 1. The fourth-order valence-corrected chi connectivity index (χ4v) is 6.61. The van der Waals surface area contributed by atoms with E-state index in [1.165, 1.54) is 10.9 Å².